The van der Waals surface area contributed by atoms with Crippen LogP contribution in [0.3, 0.4) is 0 Å². The first-order chi connectivity index (χ1) is 11.8. The Bertz CT molecular complexity index is 666. The fourth-order valence-corrected chi connectivity index (χ4v) is 3.50. The van der Waals surface area contributed by atoms with Crippen LogP contribution >= 0.6 is 0 Å². The number of nitrogens with one attached hydrogen (secondary N) is 1. The van der Waals surface area contributed by atoms with E-state index in [2.05, 4.69) is 10.2 Å². The second kappa shape index (κ2) is 8.64. The summed E-state index contributed by atoms with van der Waals surface area (Å²) in [7, 11) is -3.10. The Morgan fingerprint density at radius 1 is 1.16 bits per heavy atom. The largest absolute Gasteiger partial charge is 0.491 e. The molecule has 0 saturated carbocycles. The fourth-order valence-electron chi connectivity index (χ4n) is 2.67. The number of piperazine rings is 1. The van der Waals surface area contributed by atoms with Crippen molar-refractivity contribution in [3.05, 3.63) is 29.8 Å². The summed E-state index contributed by atoms with van der Waals surface area (Å²) in [4.78, 5) is 14.3. The molecule has 1 heterocycles. The van der Waals surface area contributed by atoms with Gasteiger partial charge in [0.25, 0.3) is 5.91 Å². The highest BCUT2D eigenvalue weighted by Gasteiger charge is 2.22. The molecule has 140 valence electrons. The van der Waals surface area contributed by atoms with Crippen molar-refractivity contribution in [1.29, 1.82) is 0 Å². The van der Waals surface area contributed by atoms with Crippen LogP contribution in [0.1, 0.15) is 24.2 Å². The smallest absolute Gasteiger partial charge is 0.251 e. The molecule has 1 aliphatic rings. The van der Waals surface area contributed by atoms with Crippen molar-refractivity contribution in [2.75, 3.05) is 45.5 Å². The molecule has 1 amide bonds. The molecule has 7 nitrogen and oxygen atoms in total. The van der Waals surface area contributed by atoms with E-state index < -0.39 is 10.0 Å². The minimum absolute atomic E-state index is 0.0999. The molecule has 0 atom stereocenters. The standard InChI is InChI=1S/C17H27N3O4S/c1-14(2)24-16-6-4-15(5-7-16)17(21)18-8-9-19-10-12-20(13-11-19)25(3,22)23/h4-7,14H,8-13H2,1-3H3,(H,18,21). The van der Waals surface area contributed by atoms with Crippen LogP contribution in [0.5, 0.6) is 5.75 Å². The van der Waals surface area contributed by atoms with Gasteiger partial charge in [-0.2, -0.15) is 4.31 Å². The van der Waals surface area contributed by atoms with Gasteiger partial charge in [-0.1, -0.05) is 0 Å². The summed E-state index contributed by atoms with van der Waals surface area (Å²) in [6.07, 6.45) is 1.34. The van der Waals surface area contributed by atoms with Crippen molar-refractivity contribution in [3.8, 4) is 5.75 Å². The molecule has 0 aliphatic carbocycles. The maximum absolute atomic E-state index is 12.1. The van der Waals surface area contributed by atoms with E-state index >= 15 is 0 Å². The van der Waals surface area contributed by atoms with Gasteiger partial charge in [0.05, 0.1) is 12.4 Å². The summed E-state index contributed by atoms with van der Waals surface area (Å²) in [5.41, 5.74) is 0.595. The first-order valence-electron chi connectivity index (χ1n) is 8.48. The lowest BCUT2D eigenvalue weighted by Gasteiger charge is -2.33. The molecule has 0 spiro atoms. The van der Waals surface area contributed by atoms with Crippen molar-refractivity contribution in [2.45, 2.75) is 20.0 Å². The number of hydrogen-bond donors (Lipinski definition) is 1. The minimum atomic E-state index is -3.10. The maximum atomic E-state index is 12.1. The molecular formula is C17H27N3O4S. The summed E-state index contributed by atoms with van der Waals surface area (Å²) in [6.45, 7) is 7.52. The van der Waals surface area contributed by atoms with E-state index in [-0.39, 0.29) is 12.0 Å². The Labute approximate surface area is 150 Å². The van der Waals surface area contributed by atoms with Gasteiger partial charge in [0, 0.05) is 44.8 Å². The second-order valence-electron chi connectivity index (χ2n) is 6.45. The van der Waals surface area contributed by atoms with Gasteiger partial charge in [0.15, 0.2) is 0 Å². The molecule has 1 aromatic rings. The highest BCUT2D eigenvalue weighted by molar-refractivity contribution is 7.88. The first kappa shape index (κ1) is 19.7. The normalized spacial score (nSPS) is 16.8. The van der Waals surface area contributed by atoms with Gasteiger partial charge in [-0.25, -0.2) is 8.42 Å². The highest BCUT2D eigenvalue weighted by atomic mass is 32.2. The number of carbonyl (C=O) groups excluding carboxylic acids is 1. The predicted molar refractivity (Wildman–Crippen MR) is 97.4 cm³/mol. The van der Waals surface area contributed by atoms with Gasteiger partial charge < -0.3 is 10.1 Å². The molecule has 0 radical (unpaired) electrons. The fraction of sp³-hybridized carbons (Fsp3) is 0.588. The van der Waals surface area contributed by atoms with E-state index in [0.29, 0.717) is 44.8 Å². The average molecular weight is 369 g/mol. The molecule has 25 heavy (non-hydrogen) atoms. The lowest BCUT2D eigenvalue weighted by atomic mass is 10.2. The lowest BCUT2D eigenvalue weighted by molar-refractivity contribution is 0.0945. The Kier molecular flexibility index (Phi) is 6.80. The Morgan fingerprint density at radius 3 is 2.28 bits per heavy atom. The zero-order chi connectivity index (χ0) is 18.4. The van der Waals surface area contributed by atoms with Crippen molar-refractivity contribution in [1.82, 2.24) is 14.5 Å². The molecule has 2 rings (SSSR count). The summed E-state index contributed by atoms with van der Waals surface area (Å²) >= 11 is 0. The van der Waals surface area contributed by atoms with E-state index in [1.54, 1.807) is 24.3 Å². The molecule has 1 fully saturated rings. The SMILES string of the molecule is CC(C)Oc1ccc(C(=O)NCCN2CCN(S(C)(=O)=O)CC2)cc1. The number of amides is 1. The topological polar surface area (TPSA) is 79.0 Å². The third-order valence-corrected chi connectivity index (χ3v) is 5.31. The van der Waals surface area contributed by atoms with Crippen LogP contribution in [0.4, 0.5) is 0 Å². The van der Waals surface area contributed by atoms with Gasteiger partial charge >= 0.3 is 0 Å². The van der Waals surface area contributed by atoms with Crippen LogP contribution in [0.15, 0.2) is 24.3 Å². The second-order valence-corrected chi connectivity index (χ2v) is 8.43. The van der Waals surface area contributed by atoms with Crippen LogP contribution in [0.2, 0.25) is 0 Å². The van der Waals surface area contributed by atoms with Gasteiger partial charge in [-0.05, 0) is 38.1 Å². The van der Waals surface area contributed by atoms with E-state index in [9.17, 15) is 13.2 Å². The van der Waals surface area contributed by atoms with E-state index in [1.807, 2.05) is 13.8 Å². The quantitative estimate of drug-likeness (QED) is 0.768. The Morgan fingerprint density at radius 2 is 1.76 bits per heavy atom. The summed E-state index contributed by atoms with van der Waals surface area (Å²) < 4.78 is 30.0. The molecule has 1 N–H and O–H groups in total. The third kappa shape index (κ3) is 6.30. The summed E-state index contributed by atoms with van der Waals surface area (Å²) in [6, 6.07) is 7.08. The third-order valence-electron chi connectivity index (χ3n) is 4.00. The van der Waals surface area contributed by atoms with Crippen LogP contribution in [0, 0.1) is 0 Å². The van der Waals surface area contributed by atoms with Gasteiger partial charge in [0.1, 0.15) is 5.75 Å². The summed E-state index contributed by atoms with van der Waals surface area (Å²) in [5.74, 6) is 0.626. The van der Waals surface area contributed by atoms with E-state index in [4.69, 9.17) is 4.74 Å². The van der Waals surface area contributed by atoms with Crippen LogP contribution in [-0.2, 0) is 10.0 Å². The lowest BCUT2D eigenvalue weighted by Crippen LogP contribution is -2.49. The van der Waals surface area contributed by atoms with Crippen LogP contribution in [0.25, 0.3) is 0 Å². The molecule has 1 aromatic carbocycles. The number of rotatable bonds is 7. The predicted octanol–water partition coefficient (Wildman–Crippen LogP) is 0.781. The number of nitrogens with zero attached hydrogens (tertiary/aromatic N) is 2. The average Bonchev–Trinajstić information content (AvgIpc) is 2.54. The van der Waals surface area contributed by atoms with Gasteiger partial charge in [-0.15, -0.1) is 0 Å². The monoisotopic (exact) mass is 369 g/mol. The van der Waals surface area contributed by atoms with Crippen molar-refractivity contribution >= 4 is 15.9 Å². The molecular weight excluding hydrogens is 342 g/mol. The Balaban J connectivity index is 1.72. The molecule has 0 bridgehead atoms. The molecule has 8 heteroatoms. The van der Waals surface area contributed by atoms with Gasteiger partial charge in [0.2, 0.25) is 10.0 Å². The molecule has 1 saturated heterocycles. The van der Waals surface area contributed by atoms with Crippen LogP contribution in [-0.4, -0.2) is 75.2 Å². The zero-order valence-corrected chi connectivity index (χ0v) is 15.9. The van der Waals surface area contributed by atoms with E-state index in [1.165, 1.54) is 10.6 Å². The van der Waals surface area contributed by atoms with Crippen molar-refractivity contribution < 1.29 is 17.9 Å². The van der Waals surface area contributed by atoms with Gasteiger partial charge in [-0.3, -0.25) is 9.69 Å². The molecule has 1 aliphatic heterocycles. The minimum Gasteiger partial charge on any atom is -0.491 e. The number of benzene rings is 1. The Hall–Kier alpha value is -1.64. The zero-order valence-electron chi connectivity index (χ0n) is 15.1. The summed E-state index contributed by atoms with van der Waals surface area (Å²) in [5, 5.41) is 2.89. The van der Waals surface area contributed by atoms with Crippen molar-refractivity contribution in [3.63, 3.8) is 0 Å². The first-order valence-corrected chi connectivity index (χ1v) is 10.3. The molecule has 0 unspecified atom stereocenters. The number of carbonyl (C=O) groups is 1. The van der Waals surface area contributed by atoms with E-state index in [0.717, 1.165) is 5.75 Å². The number of ether oxygens (including phenoxy) is 1. The highest BCUT2D eigenvalue weighted by Crippen LogP contribution is 2.13. The number of hydrogen-bond acceptors (Lipinski definition) is 5. The van der Waals surface area contributed by atoms with Crippen molar-refractivity contribution in [2.24, 2.45) is 0 Å². The molecule has 0 aromatic heterocycles. The maximum Gasteiger partial charge on any atom is 0.251 e. The number of sulfonamides is 1. The van der Waals surface area contributed by atoms with Crippen LogP contribution < -0.4 is 10.1 Å².